The van der Waals surface area contributed by atoms with E-state index in [1.807, 2.05) is 42.6 Å². The second kappa shape index (κ2) is 8.21. The van der Waals surface area contributed by atoms with Crippen LogP contribution < -0.4 is 5.73 Å². The number of primary amides is 1. The van der Waals surface area contributed by atoms with Crippen LogP contribution in [0.4, 0.5) is 0 Å². The number of hydrogen-bond acceptors (Lipinski definition) is 3. The molecule has 1 aromatic heterocycles. The fourth-order valence-electron chi connectivity index (χ4n) is 3.22. The summed E-state index contributed by atoms with van der Waals surface area (Å²) in [5.74, 6) is -0.448. The highest BCUT2D eigenvalue weighted by Crippen LogP contribution is 2.26. The predicted octanol–water partition coefficient (Wildman–Crippen LogP) is 3.74. The molecule has 0 spiro atoms. The molecule has 0 aliphatic carbocycles. The molecule has 2 N–H and O–H groups in total. The van der Waals surface area contributed by atoms with Gasteiger partial charge in [-0.05, 0) is 28.2 Å². The van der Waals surface area contributed by atoms with Gasteiger partial charge in [-0.2, -0.15) is 0 Å². The predicted molar refractivity (Wildman–Crippen MR) is 112 cm³/mol. The highest BCUT2D eigenvalue weighted by Gasteiger charge is 2.18. The summed E-state index contributed by atoms with van der Waals surface area (Å²) in [6, 6.07) is 18.0. The molecule has 0 bridgehead atoms. The Labute approximate surface area is 165 Å². The fraction of sp³-hybridized carbons (Fsp3) is 0.261. The first kappa shape index (κ1) is 19.5. The molecule has 3 aromatic rings. The molecule has 0 atom stereocenters. The third kappa shape index (κ3) is 4.94. The van der Waals surface area contributed by atoms with Crippen LogP contribution in [0.3, 0.4) is 0 Å². The first-order chi connectivity index (χ1) is 13.3. The van der Waals surface area contributed by atoms with Crippen LogP contribution in [0.1, 0.15) is 43.2 Å². The first-order valence-electron chi connectivity index (χ1n) is 9.36. The summed E-state index contributed by atoms with van der Waals surface area (Å²) in [7, 11) is 0. The molecule has 5 nitrogen and oxygen atoms in total. The number of carbonyl (C=O) groups excluding carboxylic acids is 1. The van der Waals surface area contributed by atoms with E-state index in [0.717, 1.165) is 5.56 Å². The monoisotopic (exact) mass is 374 g/mol. The van der Waals surface area contributed by atoms with Crippen LogP contribution in [-0.2, 0) is 23.2 Å². The summed E-state index contributed by atoms with van der Waals surface area (Å²) in [6.45, 7) is 7.24. The van der Waals surface area contributed by atoms with Gasteiger partial charge in [0.1, 0.15) is 0 Å². The van der Waals surface area contributed by atoms with Crippen molar-refractivity contribution in [2.75, 3.05) is 0 Å². The minimum absolute atomic E-state index is 0.0531. The summed E-state index contributed by atoms with van der Waals surface area (Å²) in [4.78, 5) is 11.9. The number of nitrogens with zero attached hydrogens (tertiary/aromatic N) is 3. The van der Waals surface area contributed by atoms with Gasteiger partial charge in [-0.25, -0.2) is 4.68 Å². The fourth-order valence-corrected chi connectivity index (χ4v) is 3.22. The normalized spacial score (nSPS) is 12.2. The molecule has 144 valence electrons. The van der Waals surface area contributed by atoms with Crippen molar-refractivity contribution in [1.29, 1.82) is 0 Å². The Bertz CT molecular complexity index is 981. The molecule has 0 unspecified atom stereocenters. The highest BCUT2D eigenvalue weighted by molar-refractivity contribution is 5.96. The zero-order valence-electron chi connectivity index (χ0n) is 16.6. The second-order valence-electron chi connectivity index (χ2n) is 7.94. The second-order valence-corrected chi connectivity index (χ2v) is 7.94. The van der Waals surface area contributed by atoms with Crippen LogP contribution in [-0.4, -0.2) is 20.9 Å². The van der Waals surface area contributed by atoms with Crippen LogP contribution in [0, 0.1) is 0 Å². The first-order valence-corrected chi connectivity index (χ1v) is 9.36. The minimum atomic E-state index is -0.448. The topological polar surface area (TPSA) is 73.8 Å². The van der Waals surface area contributed by atoms with Crippen molar-refractivity contribution in [1.82, 2.24) is 15.0 Å². The Morgan fingerprint density at radius 2 is 1.75 bits per heavy atom. The molecule has 0 radical (unpaired) electrons. The SMILES string of the molecule is CC(C)(C)c1ccccc1Cn1cc(CC(=Cc2ccccc2)C(N)=O)nn1. The van der Waals surface area contributed by atoms with E-state index in [4.69, 9.17) is 5.73 Å². The van der Waals surface area contributed by atoms with E-state index in [9.17, 15) is 4.79 Å². The molecule has 0 saturated heterocycles. The summed E-state index contributed by atoms with van der Waals surface area (Å²) >= 11 is 0. The summed E-state index contributed by atoms with van der Waals surface area (Å²) in [5.41, 5.74) is 10.3. The van der Waals surface area contributed by atoms with E-state index < -0.39 is 5.91 Å². The van der Waals surface area contributed by atoms with Crippen molar-refractivity contribution in [2.24, 2.45) is 5.73 Å². The molecule has 0 aliphatic heterocycles. The van der Waals surface area contributed by atoms with E-state index in [2.05, 4.69) is 49.3 Å². The summed E-state index contributed by atoms with van der Waals surface area (Å²) in [6.07, 6.45) is 4.03. The van der Waals surface area contributed by atoms with Crippen LogP contribution in [0.5, 0.6) is 0 Å². The smallest absolute Gasteiger partial charge is 0.245 e. The molecule has 1 amide bonds. The van der Waals surface area contributed by atoms with E-state index in [1.165, 1.54) is 11.1 Å². The van der Waals surface area contributed by atoms with Crippen molar-refractivity contribution in [2.45, 2.75) is 39.2 Å². The lowest BCUT2D eigenvalue weighted by molar-refractivity contribution is -0.114. The summed E-state index contributed by atoms with van der Waals surface area (Å²) < 4.78 is 1.81. The van der Waals surface area contributed by atoms with Gasteiger partial charge in [0.15, 0.2) is 0 Å². The number of amides is 1. The highest BCUT2D eigenvalue weighted by atomic mass is 16.1. The molecular weight excluding hydrogens is 348 g/mol. The summed E-state index contributed by atoms with van der Waals surface area (Å²) in [5, 5.41) is 8.47. The number of rotatable bonds is 6. The van der Waals surface area contributed by atoms with Gasteiger partial charge in [-0.15, -0.1) is 5.10 Å². The zero-order chi connectivity index (χ0) is 20.1. The maximum Gasteiger partial charge on any atom is 0.245 e. The van der Waals surface area contributed by atoms with Gasteiger partial charge in [0.2, 0.25) is 5.91 Å². The lowest BCUT2D eigenvalue weighted by Gasteiger charge is -2.22. The van der Waals surface area contributed by atoms with Gasteiger partial charge in [-0.1, -0.05) is 80.6 Å². The Kier molecular flexibility index (Phi) is 5.73. The average molecular weight is 374 g/mol. The number of carbonyl (C=O) groups is 1. The van der Waals surface area contributed by atoms with Crippen molar-refractivity contribution in [3.8, 4) is 0 Å². The molecule has 0 saturated carbocycles. The Hall–Kier alpha value is -3.21. The molecule has 3 rings (SSSR count). The van der Waals surface area contributed by atoms with Gasteiger partial charge in [0, 0.05) is 18.2 Å². The molecular formula is C23H26N4O. The van der Waals surface area contributed by atoms with Crippen molar-refractivity contribution in [3.63, 3.8) is 0 Å². The Morgan fingerprint density at radius 3 is 2.43 bits per heavy atom. The van der Waals surface area contributed by atoms with Gasteiger partial charge in [-0.3, -0.25) is 4.79 Å². The third-order valence-electron chi connectivity index (χ3n) is 4.57. The van der Waals surface area contributed by atoms with E-state index >= 15 is 0 Å². The van der Waals surface area contributed by atoms with Crippen molar-refractivity contribution >= 4 is 12.0 Å². The number of aromatic nitrogens is 3. The number of nitrogens with two attached hydrogens (primary N) is 1. The average Bonchev–Trinajstić information content (AvgIpc) is 3.08. The zero-order valence-corrected chi connectivity index (χ0v) is 16.6. The van der Waals surface area contributed by atoms with Gasteiger partial charge in [0.05, 0.1) is 12.2 Å². The van der Waals surface area contributed by atoms with Crippen molar-refractivity contribution in [3.05, 3.63) is 88.8 Å². The molecule has 0 fully saturated rings. The lowest BCUT2D eigenvalue weighted by atomic mass is 9.84. The van der Waals surface area contributed by atoms with Crippen LogP contribution >= 0.6 is 0 Å². The van der Waals surface area contributed by atoms with Crippen LogP contribution in [0.15, 0.2) is 66.4 Å². The van der Waals surface area contributed by atoms with Crippen LogP contribution in [0.25, 0.3) is 6.08 Å². The minimum Gasteiger partial charge on any atom is -0.366 e. The molecule has 2 aromatic carbocycles. The third-order valence-corrected chi connectivity index (χ3v) is 4.57. The van der Waals surface area contributed by atoms with Crippen molar-refractivity contribution < 1.29 is 4.79 Å². The maximum atomic E-state index is 11.9. The molecule has 5 heteroatoms. The maximum absolute atomic E-state index is 11.9. The number of benzene rings is 2. The van der Waals surface area contributed by atoms with Gasteiger partial charge < -0.3 is 5.73 Å². The van der Waals surface area contributed by atoms with Gasteiger partial charge in [0.25, 0.3) is 0 Å². The van der Waals surface area contributed by atoms with Crippen LogP contribution in [0.2, 0.25) is 0 Å². The van der Waals surface area contributed by atoms with E-state index in [1.54, 1.807) is 10.8 Å². The Morgan fingerprint density at radius 1 is 1.07 bits per heavy atom. The van der Waals surface area contributed by atoms with E-state index in [-0.39, 0.29) is 5.41 Å². The molecule has 28 heavy (non-hydrogen) atoms. The molecule has 1 heterocycles. The van der Waals surface area contributed by atoms with E-state index in [0.29, 0.717) is 24.2 Å². The molecule has 0 aliphatic rings. The Balaban J connectivity index is 1.79. The quantitative estimate of drug-likeness (QED) is 0.668. The lowest BCUT2D eigenvalue weighted by Crippen LogP contribution is -2.16. The largest absolute Gasteiger partial charge is 0.366 e. The van der Waals surface area contributed by atoms with Gasteiger partial charge >= 0.3 is 0 Å². The standard InChI is InChI=1S/C23H26N4O/c1-23(2,3)21-12-8-7-11-18(21)15-27-16-20(25-26-27)14-19(22(24)28)13-17-9-5-4-6-10-17/h4-13,16H,14-15H2,1-3H3,(H2,24,28). The number of hydrogen-bond donors (Lipinski definition) is 1.